The summed E-state index contributed by atoms with van der Waals surface area (Å²) in [5.74, 6) is 0.127. The monoisotopic (exact) mass is 368 g/mol. The first-order valence-corrected chi connectivity index (χ1v) is 9.81. The van der Waals surface area contributed by atoms with Gasteiger partial charge in [0.05, 0.1) is 0 Å². The van der Waals surface area contributed by atoms with Gasteiger partial charge in [-0.05, 0) is 49.0 Å². The lowest BCUT2D eigenvalue weighted by Gasteiger charge is -2.46. The molecule has 1 aromatic carbocycles. The van der Waals surface area contributed by atoms with Crippen LogP contribution in [-0.4, -0.2) is 59.2 Å². The van der Waals surface area contributed by atoms with Gasteiger partial charge in [0.1, 0.15) is 6.04 Å². The summed E-state index contributed by atoms with van der Waals surface area (Å²) in [4.78, 5) is 40.4. The number of carbonyl (C=O) groups excluding carboxylic acids is 3. The predicted octanol–water partition coefficient (Wildman–Crippen LogP) is 0.241. The number of hydrogen-bond donors (Lipinski definition) is 2. The maximum Gasteiger partial charge on any atom is 0.255 e. The third-order valence-electron chi connectivity index (χ3n) is 6.48. The van der Waals surface area contributed by atoms with Crippen LogP contribution in [0.25, 0.3) is 0 Å². The molecule has 0 saturated carbocycles. The summed E-state index contributed by atoms with van der Waals surface area (Å²) in [6.07, 6.45) is 1.94. The largest absolute Gasteiger partial charge is 0.322 e. The lowest BCUT2D eigenvalue weighted by Crippen LogP contribution is -2.61. The molecule has 3 amide bonds. The van der Waals surface area contributed by atoms with Crippen molar-refractivity contribution >= 4 is 17.7 Å². The quantitative estimate of drug-likeness (QED) is 0.747. The first-order chi connectivity index (χ1) is 13.1. The second-order valence-corrected chi connectivity index (χ2v) is 8.19. The van der Waals surface area contributed by atoms with Gasteiger partial charge in [-0.1, -0.05) is 12.1 Å². The van der Waals surface area contributed by atoms with Crippen LogP contribution in [0.1, 0.15) is 40.7 Å². The van der Waals surface area contributed by atoms with Gasteiger partial charge in [0.2, 0.25) is 11.8 Å². The molecule has 0 aromatic heterocycles. The topological polar surface area (TPSA) is 81.8 Å². The van der Waals surface area contributed by atoms with Crippen molar-refractivity contribution in [2.45, 2.75) is 44.4 Å². The van der Waals surface area contributed by atoms with E-state index in [-0.39, 0.29) is 24.1 Å². The molecule has 7 heteroatoms. The fourth-order valence-electron chi connectivity index (χ4n) is 4.81. The molecule has 0 aliphatic carbocycles. The summed E-state index contributed by atoms with van der Waals surface area (Å²) in [5.41, 5.74) is 2.88. The summed E-state index contributed by atoms with van der Waals surface area (Å²) in [6, 6.07) is 6.13. The van der Waals surface area contributed by atoms with Gasteiger partial charge in [0.25, 0.3) is 5.91 Å². The second-order valence-electron chi connectivity index (χ2n) is 8.19. The Hall–Kier alpha value is -2.25. The van der Waals surface area contributed by atoms with E-state index in [1.54, 1.807) is 4.90 Å². The van der Waals surface area contributed by atoms with Crippen molar-refractivity contribution in [3.8, 4) is 0 Å². The Morgan fingerprint density at radius 3 is 2.78 bits per heavy atom. The van der Waals surface area contributed by atoms with Crippen LogP contribution in [0.5, 0.6) is 0 Å². The van der Waals surface area contributed by atoms with Crippen molar-refractivity contribution in [1.82, 2.24) is 20.4 Å². The maximum absolute atomic E-state index is 12.8. The number of piperidine rings is 2. The molecule has 0 spiro atoms. The van der Waals surface area contributed by atoms with E-state index >= 15 is 0 Å². The zero-order valence-electron chi connectivity index (χ0n) is 15.2. The Morgan fingerprint density at radius 2 is 2.04 bits per heavy atom. The van der Waals surface area contributed by atoms with Gasteiger partial charge >= 0.3 is 0 Å². The van der Waals surface area contributed by atoms with Crippen molar-refractivity contribution in [1.29, 1.82) is 0 Å². The highest BCUT2D eigenvalue weighted by atomic mass is 16.2. The third kappa shape index (κ3) is 2.95. The first kappa shape index (κ1) is 16.9. The molecular weight excluding hydrogens is 344 g/mol. The summed E-state index contributed by atoms with van der Waals surface area (Å²) >= 11 is 0. The smallest absolute Gasteiger partial charge is 0.255 e. The second kappa shape index (κ2) is 6.42. The minimum Gasteiger partial charge on any atom is -0.322 e. The van der Waals surface area contributed by atoms with E-state index in [0.29, 0.717) is 24.6 Å². The summed E-state index contributed by atoms with van der Waals surface area (Å²) in [7, 11) is 0. The van der Waals surface area contributed by atoms with Crippen molar-refractivity contribution in [2.24, 2.45) is 5.92 Å². The van der Waals surface area contributed by atoms with E-state index in [1.165, 1.54) is 12.0 Å². The van der Waals surface area contributed by atoms with Gasteiger partial charge < -0.3 is 10.2 Å². The van der Waals surface area contributed by atoms with E-state index in [2.05, 4.69) is 21.6 Å². The molecule has 4 heterocycles. The summed E-state index contributed by atoms with van der Waals surface area (Å²) < 4.78 is 0. The maximum atomic E-state index is 12.8. The normalized spacial score (nSPS) is 30.6. The van der Waals surface area contributed by atoms with E-state index in [4.69, 9.17) is 0 Å². The Bertz CT molecular complexity index is 823. The van der Waals surface area contributed by atoms with Gasteiger partial charge in [-0.25, -0.2) is 0 Å². The molecule has 4 aliphatic rings. The lowest BCUT2D eigenvalue weighted by atomic mass is 9.85. The lowest BCUT2D eigenvalue weighted by molar-refractivity contribution is -0.136. The van der Waals surface area contributed by atoms with Crippen LogP contribution in [0.4, 0.5) is 0 Å². The molecule has 142 valence electrons. The first-order valence-electron chi connectivity index (χ1n) is 9.81. The number of fused-ring (bicyclic) bond motifs is 2. The highest BCUT2D eigenvalue weighted by molar-refractivity contribution is 6.05. The van der Waals surface area contributed by atoms with Gasteiger partial charge in [-0.15, -0.1) is 0 Å². The molecule has 0 bridgehead atoms. The number of carbonyl (C=O) groups is 3. The van der Waals surface area contributed by atoms with Crippen LogP contribution in [0.3, 0.4) is 0 Å². The van der Waals surface area contributed by atoms with Crippen LogP contribution in [0, 0.1) is 5.92 Å². The number of benzene rings is 1. The molecular formula is C20H24N4O3. The van der Waals surface area contributed by atoms with Crippen LogP contribution in [-0.2, 0) is 22.7 Å². The molecule has 4 aliphatic heterocycles. The molecule has 3 saturated heterocycles. The minimum absolute atomic E-state index is 0.106. The Kier molecular flexibility index (Phi) is 4.02. The third-order valence-corrected chi connectivity index (χ3v) is 6.48. The number of nitrogens with zero attached hydrogens (tertiary/aromatic N) is 2. The van der Waals surface area contributed by atoms with Crippen molar-refractivity contribution in [3.63, 3.8) is 0 Å². The fraction of sp³-hybridized carbons (Fsp3) is 0.550. The summed E-state index contributed by atoms with van der Waals surface area (Å²) in [6.45, 7) is 4.71. The molecule has 2 N–H and O–H groups in total. The van der Waals surface area contributed by atoms with Gasteiger partial charge in [0.15, 0.2) is 0 Å². The standard InChI is InChI=1S/C20H24N4O3/c25-18-4-3-17(19(26)22-18)24-10-14-7-12(1-2-15(14)20(24)27)9-23-6-5-13-8-21-16(13)11-23/h1-2,7,13,16-17,21H,3-6,8-11H2,(H,22,25,26)/t13-,16-,17?/m0/s1. The van der Waals surface area contributed by atoms with Crippen molar-refractivity contribution in [3.05, 3.63) is 34.9 Å². The molecule has 27 heavy (non-hydrogen) atoms. The average molecular weight is 368 g/mol. The molecule has 5 rings (SSSR count). The van der Waals surface area contributed by atoms with Crippen LogP contribution >= 0.6 is 0 Å². The number of amides is 3. The predicted molar refractivity (Wildman–Crippen MR) is 97.7 cm³/mol. The van der Waals surface area contributed by atoms with Crippen LogP contribution < -0.4 is 10.6 Å². The van der Waals surface area contributed by atoms with Gasteiger partial charge in [0, 0.05) is 37.7 Å². The zero-order valence-corrected chi connectivity index (χ0v) is 15.2. The minimum atomic E-state index is -0.547. The Labute approximate surface area is 158 Å². The van der Waals surface area contributed by atoms with E-state index in [9.17, 15) is 14.4 Å². The molecule has 7 nitrogen and oxygen atoms in total. The average Bonchev–Trinajstić information content (AvgIpc) is 2.93. The van der Waals surface area contributed by atoms with Crippen molar-refractivity contribution in [2.75, 3.05) is 19.6 Å². The molecule has 1 aromatic rings. The Balaban J connectivity index is 1.29. The van der Waals surface area contributed by atoms with Crippen LogP contribution in [0.15, 0.2) is 18.2 Å². The Morgan fingerprint density at radius 1 is 1.15 bits per heavy atom. The summed E-state index contributed by atoms with van der Waals surface area (Å²) in [5, 5.41) is 5.85. The molecule has 0 radical (unpaired) electrons. The number of imide groups is 1. The number of likely N-dealkylation sites (tertiary alicyclic amines) is 1. The number of nitrogens with one attached hydrogen (secondary N) is 2. The highest BCUT2D eigenvalue weighted by Crippen LogP contribution is 2.29. The van der Waals surface area contributed by atoms with E-state index in [0.717, 1.165) is 37.7 Å². The molecule has 3 atom stereocenters. The van der Waals surface area contributed by atoms with Gasteiger partial charge in [-0.3, -0.25) is 24.6 Å². The van der Waals surface area contributed by atoms with Gasteiger partial charge in [-0.2, -0.15) is 0 Å². The van der Waals surface area contributed by atoms with Crippen molar-refractivity contribution < 1.29 is 14.4 Å². The van der Waals surface area contributed by atoms with E-state index < -0.39 is 6.04 Å². The van der Waals surface area contributed by atoms with E-state index in [1.807, 2.05) is 12.1 Å². The highest BCUT2D eigenvalue weighted by Gasteiger charge is 2.39. The molecule has 3 fully saturated rings. The SMILES string of the molecule is O=C1CCC(N2Cc3cc(CN4CC[C@H]5CN[C@H]5C4)ccc3C2=O)C(=O)N1. The number of hydrogen-bond acceptors (Lipinski definition) is 5. The fourth-order valence-corrected chi connectivity index (χ4v) is 4.81. The zero-order chi connectivity index (χ0) is 18.5. The van der Waals surface area contributed by atoms with Crippen LogP contribution in [0.2, 0.25) is 0 Å². The molecule has 1 unspecified atom stereocenters. The number of rotatable bonds is 3.